The van der Waals surface area contributed by atoms with E-state index in [9.17, 15) is 20.1 Å². The number of carbonyl (C=O) groups excluding carboxylic acids is 1. The summed E-state index contributed by atoms with van der Waals surface area (Å²) in [6.07, 6.45) is 7.05. The standard InChI is InChI=1S/C23H38N2O3.C21H28N2O2.C13H20N2O2/c1-2-3-4-5-6-7-11-14-22(26)24-21(19-25-15-17-28-18-16-25)23(27)20-12-9-8-10-13-20;1-17(18-8-4-2-5-9-18)22-20(16-23-12-14-25-15-13-23)21(24)19-10-6-3-7-11-19;14-12(10-15-6-8-17-9-7-15)13(16)11-4-2-1-3-5-11/h8-10,12-13,21,23,27H,2-7,11,14-19H2,1H3,(H,24,26);2-11,17,20-22,24H,12-16H2,1H3;1-5,12-13,16H,6-10,14H2/t21-,23-;17-,20+,21+;12-,13-/m101/s1. The van der Waals surface area contributed by atoms with Crippen molar-refractivity contribution in [1.29, 1.82) is 0 Å². The van der Waals surface area contributed by atoms with E-state index in [0.29, 0.717) is 32.7 Å². The van der Waals surface area contributed by atoms with Gasteiger partial charge >= 0.3 is 0 Å². The van der Waals surface area contributed by atoms with Crippen molar-refractivity contribution in [2.45, 2.75) is 108 Å². The quantitative estimate of drug-likeness (QED) is 0.0407. The van der Waals surface area contributed by atoms with Crippen LogP contribution < -0.4 is 16.4 Å². The molecule has 13 heteroatoms. The van der Waals surface area contributed by atoms with Gasteiger partial charge in [0.1, 0.15) is 6.10 Å². The van der Waals surface area contributed by atoms with Crippen LogP contribution in [0.2, 0.25) is 0 Å². The number of carbonyl (C=O) groups is 1. The molecule has 70 heavy (non-hydrogen) atoms. The van der Waals surface area contributed by atoms with Gasteiger partial charge in [-0.25, -0.2) is 0 Å². The van der Waals surface area contributed by atoms with Gasteiger partial charge in [-0.2, -0.15) is 0 Å². The maximum Gasteiger partial charge on any atom is 0.220 e. The highest BCUT2D eigenvalue weighted by Crippen LogP contribution is 2.23. The molecule has 0 unspecified atom stereocenters. The van der Waals surface area contributed by atoms with Gasteiger partial charge < -0.3 is 45.9 Å². The summed E-state index contributed by atoms with van der Waals surface area (Å²) in [4.78, 5) is 19.4. The summed E-state index contributed by atoms with van der Waals surface area (Å²) < 4.78 is 16.2. The van der Waals surface area contributed by atoms with Crippen molar-refractivity contribution in [3.05, 3.63) is 144 Å². The van der Waals surface area contributed by atoms with E-state index in [1.165, 1.54) is 37.7 Å². The predicted molar refractivity (Wildman–Crippen MR) is 280 cm³/mol. The van der Waals surface area contributed by atoms with Gasteiger partial charge in [-0.05, 0) is 35.6 Å². The van der Waals surface area contributed by atoms with Crippen LogP contribution in [0, 0.1) is 0 Å². The average Bonchev–Trinajstić information content (AvgIpc) is 3.41. The van der Waals surface area contributed by atoms with E-state index in [2.05, 4.69) is 63.4 Å². The Balaban J connectivity index is 0.000000201. The number of hydrogen-bond acceptors (Lipinski definition) is 12. The number of morpholine rings is 3. The predicted octanol–water partition coefficient (Wildman–Crippen LogP) is 6.83. The Morgan fingerprint density at radius 3 is 1.31 bits per heavy atom. The van der Waals surface area contributed by atoms with E-state index in [1.54, 1.807) is 0 Å². The lowest BCUT2D eigenvalue weighted by molar-refractivity contribution is -0.123. The summed E-state index contributed by atoms with van der Waals surface area (Å²) in [5, 5.41) is 38.8. The smallest absolute Gasteiger partial charge is 0.220 e. The number of amides is 1. The first-order valence-electron chi connectivity index (χ1n) is 26.2. The van der Waals surface area contributed by atoms with Crippen molar-refractivity contribution in [3.63, 3.8) is 0 Å². The Morgan fingerprint density at radius 2 is 0.871 bits per heavy atom. The Hall–Kier alpha value is -4.09. The van der Waals surface area contributed by atoms with Crippen molar-refractivity contribution in [3.8, 4) is 0 Å². The highest BCUT2D eigenvalue weighted by atomic mass is 16.5. The molecular formula is C57H86N6O7. The zero-order valence-corrected chi connectivity index (χ0v) is 42.2. The molecule has 4 aromatic carbocycles. The molecule has 3 fully saturated rings. The van der Waals surface area contributed by atoms with Gasteiger partial charge in [-0.15, -0.1) is 0 Å². The lowest BCUT2D eigenvalue weighted by Crippen LogP contribution is -2.49. The number of benzene rings is 4. The maximum atomic E-state index is 12.5. The Labute approximate surface area is 419 Å². The molecule has 0 bridgehead atoms. The molecular weight excluding hydrogens is 881 g/mol. The summed E-state index contributed by atoms with van der Waals surface area (Å²) >= 11 is 0. The van der Waals surface area contributed by atoms with Crippen LogP contribution in [0.4, 0.5) is 0 Å². The van der Waals surface area contributed by atoms with E-state index in [-0.39, 0.29) is 30.1 Å². The number of nitrogens with one attached hydrogen (secondary N) is 2. The van der Waals surface area contributed by atoms with Crippen LogP contribution in [0.15, 0.2) is 121 Å². The molecule has 0 aliphatic carbocycles. The monoisotopic (exact) mass is 967 g/mol. The summed E-state index contributed by atoms with van der Waals surface area (Å²) in [5.74, 6) is 0.0433. The van der Waals surface area contributed by atoms with E-state index >= 15 is 0 Å². The Bertz CT molecular complexity index is 1900. The maximum absolute atomic E-state index is 12.5. The SMILES string of the molecule is CCCCCCCCCC(=O)N[C@H](CN1CCOCC1)[C@H](O)c1ccccc1.C[C@H](N[C@H](CN1CCOCC1)[C@H](O)c1ccccc1)c1ccccc1.N[C@H](CN1CCOCC1)[C@H](O)c1ccccc1. The van der Waals surface area contributed by atoms with E-state index in [0.717, 1.165) is 102 Å². The van der Waals surface area contributed by atoms with Crippen molar-refractivity contribution < 1.29 is 34.3 Å². The van der Waals surface area contributed by atoms with Crippen molar-refractivity contribution in [1.82, 2.24) is 25.3 Å². The van der Waals surface area contributed by atoms with Crippen LogP contribution in [0.25, 0.3) is 0 Å². The molecule has 7 N–H and O–H groups in total. The molecule has 3 aliphatic rings. The van der Waals surface area contributed by atoms with Gasteiger partial charge in [0.05, 0.1) is 63.9 Å². The van der Waals surface area contributed by atoms with Crippen LogP contribution in [0.3, 0.4) is 0 Å². The van der Waals surface area contributed by atoms with Crippen LogP contribution in [-0.2, 0) is 19.0 Å². The third-order valence-corrected chi connectivity index (χ3v) is 13.4. The van der Waals surface area contributed by atoms with Crippen molar-refractivity contribution in [2.24, 2.45) is 5.73 Å². The highest BCUT2D eigenvalue weighted by molar-refractivity contribution is 5.76. The van der Waals surface area contributed by atoms with Crippen LogP contribution in [-0.4, -0.2) is 153 Å². The summed E-state index contributed by atoms with van der Waals surface area (Å²) in [5.41, 5.74) is 9.96. The molecule has 386 valence electrons. The van der Waals surface area contributed by atoms with Gasteiger partial charge in [0.15, 0.2) is 0 Å². The molecule has 0 spiro atoms. The first kappa shape index (κ1) is 56.8. The third kappa shape index (κ3) is 21.3. The summed E-state index contributed by atoms with van der Waals surface area (Å²) in [6, 6.07) is 39.1. The number of rotatable bonds is 24. The molecule has 0 aromatic heterocycles. The molecule has 3 aliphatic heterocycles. The van der Waals surface area contributed by atoms with Crippen LogP contribution in [0.1, 0.15) is 112 Å². The Morgan fingerprint density at radius 1 is 0.514 bits per heavy atom. The van der Waals surface area contributed by atoms with Gasteiger partial charge in [-0.3, -0.25) is 19.5 Å². The average molecular weight is 967 g/mol. The molecule has 3 saturated heterocycles. The molecule has 0 saturated carbocycles. The van der Waals surface area contributed by atoms with E-state index in [4.69, 9.17) is 19.9 Å². The van der Waals surface area contributed by atoms with Crippen LogP contribution in [0.5, 0.6) is 0 Å². The lowest BCUT2D eigenvalue weighted by atomic mass is 9.99. The minimum atomic E-state index is -0.706. The number of aliphatic hydroxyl groups excluding tert-OH is 3. The van der Waals surface area contributed by atoms with Gasteiger partial charge in [0, 0.05) is 77.4 Å². The second kappa shape index (κ2) is 33.5. The number of hydrogen-bond donors (Lipinski definition) is 6. The Kier molecular flexibility index (Phi) is 27.2. The molecule has 1 amide bonds. The zero-order chi connectivity index (χ0) is 49.6. The lowest BCUT2D eigenvalue weighted by Gasteiger charge is -2.34. The first-order valence-corrected chi connectivity index (χ1v) is 26.2. The van der Waals surface area contributed by atoms with E-state index in [1.807, 2.05) is 97.1 Å². The molecule has 0 radical (unpaired) electrons. The molecule has 13 nitrogen and oxygen atoms in total. The third-order valence-electron chi connectivity index (χ3n) is 13.4. The second-order valence-corrected chi connectivity index (χ2v) is 18.9. The van der Waals surface area contributed by atoms with Crippen LogP contribution >= 0.6 is 0 Å². The van der Waals surface area contributed by atoms with Crippen molar-refractivity contribution in [2.75, 3.05) is 98.5 Å². The van der Waals surface area contributed by atoms with E-state index < -0.39 is 18.3 Å². The summed E-state index contributed by atoms with van der Waals surface area (Å²) in [7, 11) is 0. The molecule has 4 aromatic rings. The highest BCUT2D eigenvalue weighted by Gasteiger charge is 2.28. The minimum absolute atomic E-state index is 0.0433. The minimum Gasteiger partial charge on any atom is -0.387 e. The fourth-order valence-corrected chi connectivity index (χ4v) is 9.12. The topological polar surface area (TPSA) is 165 Å². The van der Waals surface area contributed by atoms with Crippen molar-refractivity contribution >= 4 is 5.91 Å². The summed E-state index contributed by atoms with van der Waals surface area (Å²) in [6.45, 7) is 16.3. The number of nitrogens with two attached hydrogens (primary N) is 1. The molecule has 7 rings (SSSR count). The number of unbranched alkanes of at least 4 members (excludes halogenated alkanes) is 6. The number of ether oxygens (including phenoxy) is 3. The van der Waals surface area contributed by atoms with Gasteiger partial charge in [0.25, 0.3) is 0 Å². The number of aliphatic hydroxyl groups is 3. The number of nitrogens with zero attached hydrogens (tertiary/aromatic N) is 3. The molecule has 3 heterocycles. The largest absolute Gasteiger partial charge is 0.387 e. The first-order chi connectivity index (χ1) is 34.2. The normalized spacial score (nSPS) is 18.9. The zero-order valence-electron chi connectivity index (χ0n) is 42.2. The fourth-order valence-electron chi connectivity index (χ4n) is 9.12. The fraction of sp³-hybridized carbons (Fsp3) is 0.561. The van der Waals surface area contributed by atoms with Gasteiger partial charge in [-0.1, -0.05) is 167 Å². The van der Waals surface area contributed by atoms with Gasteiger partial charge in [0.2, 0.25) is 5.91 Å². The second-order valence-electron chi connectivity index (χ2n) is 18.9. The molecule has 7 atom stereocenters.